The smallest absolute Gasteiger partial charge is 0.157 e. The highest BCUT2D eigenvalue weighted by Gasteiger charge is 2.09. The average molecular weight is 147 g/mol. The molecule has 0 aromatic rings. The van der Waals surface area contributed by atoms with Crippen LogP contribution in [0.2, 0.25) is 0 Å². The quantitative estimate of drug-likeness (QED) is 0.317. The molecule has 0 aliphatic rings. The molecule has 0 aliphatic carbocycles. The zero-order valence-electron chi connectivity index (χ0n) is 4.91. The molecule has 3 nitrogen and oxygen atoms in total. The van der Waals surface area contributed by atoms with Gasteiger partial charge in [0, 0.05) is 5.75 Å². The van der Waals surface area contributed by atoms with Gasteiger partial charge in [0.2, 0.25) is 0 Å². The maximum atomic E-state index is 10.6. The lowest BCUT2D eigenvalue weighted by Crippen LogP contribution is -2.32. The van der Waals surface area contributed by atoms with Crippen LogP contribution in [0.3, 0.4) is 0 Å². The van der Waals surface area contributed by atoms with Gasteiger partial charge in [0.05, 0.1) is 12.5 Å². The van der Waals surface area contributed by atoms with Gasteiger partial charge >= 0.3 is 0 Å². The van der Waals surface area contributed by atoms with Gasteiger partial charge in [-0.2, -0.15) is 12.6 Å². The first-order chi connectivity index (χ1) is 4.22. The lowest BCUT2D eigenvalue weighted by Gasteiger charge is -2.01. The number of nitrogens with two attached hydrogens (primary N) is 1. The van der Waals surface area contributed by atoms with Crippen molar-refractivity contribution in [2.75, 3.05) is 5.75 Å². The molecule has 0 bridgehead atoms. The molecular formula is C5H9NO2S. The third-order valence-corrected chi connectivity index (χ3v) is 1.29. The van der Waals surface area contributed by atoms with Gasteiger partial charge in [0.25, 0.3) is 0 Å². The van der Waals surface area contributed by atoms with Gasteiger partial charge in [-0.25, -0.2) is 0 Å². The Hall–Kier alpha value is -0.350. The van der Waals surface area contributed by atoms with Crippen molar-refractivity contribution in [2.24, 2.45) is 5.73 Å². The van der Waals surface area contributed by atoms with Crippen molar-refractivity contribution >= 4 is 24.7 Å². The van der Waals surface area contributed by atoms with Crippen molar-refractivity contribution < 1.29 is 9.59 Å². The minimum Gasteiger partial charge on any atom is -0.321 e. The van der Waals surface area contributed by atoms with Gasteiger partial charge in [0.1, 0.15) is 6.29 Å². The van der Waals surface area contributed by atoms with Crippen LogP contribution in [0.1, 0.15) is 6.42 Å². The molecule has 0 spiro atoms. The maximum Gasteiger partial charge on any atom is 0.157 e. The Labute approximate surface area is 59.0 Å². The Morgan fingerprint density at radius 1 is 1.78 bits per heavy atom. The van der Waals surface area contributed by atoms with E-state index in [1.807, 2.05) is 0 Å². The van der Waals surface area contributed by atoms with E-state index in [1.165, 1.54) is 0 Å². The van der Waals surface area contributed by atoms with E-state index in [9.17, 15) is 9.59 Å². The fraction of sp³-hybridized carbons (Fsp3) is 0.600. The van der Waals surface area contributed by atoms with Gasteiger partial charge in [-0.05, 0) is 0 Å². The number of carbonyl (C=O) groups is 2. The van der Waals surface area contributed by atoms with Crippen molar-refractivity contribution in [3.63, 3.8) is 0 Å². The fourth-order valence-electron chi connectivity index (χ4n) is 0.335. The summed E-state index contributed by atoms with van der Waals surface area (Å²) in [7, 11) is 0. The van der Waals surface area contributed by atoms with Crippen molar-refractivity contribution in [1.82, 2.24) is 0 Å². The zero-order chi connectivity index (χ0) is 7.28. The fourth-order valence-corrected chi connectivity index (χ4v) is 0.539. The van der Waals surface area contributed by atoms with Crippen LogP contribution in [0, 0.1) is 0 Å². The summed E-state index contributed by atoms with van der Waals surface area (Å²) >= 11 is 3.79. The molecular weight excluding hydrogens is 138 g/mol. The van der Waals surface area contributed by atoms with Gasteiger partial charge < -0.3 is 10.5 Å². The topological polar surface area (TPSA) is 60.2 Å². The van der Waals surface area contributed by atoms with E-state index in [0.717, 1.165) is 0 Å². The maximum absolute atomic E-state index is 10.6. The van der Waals surface area contributed by atoms with Gasteiger partial charge in [-0.1, -0.05) is 0 Å². The van der Waals surface area contributed by atoms with E-state index < -0.39 is 6.04 Å². The van der Waals surface area contributed by atoms with Crippen LogP contribution >= 0.6 is 12.6 Å². The van der Waals surface area contributed by atoms with Crippen LogP contribution in [0.5, 0.6) is 0 Å². The SMILES string of the molecule is N[C@@H](CS)C(=O)CC=O. The summed E-state index contributed by atoms with van der Waals surface area (Å²) in [4.78, 5) is 20.3. The first-order valence-corrected chi connectivity index (χ1v) is 3.18. The molecule has 0 aromatic heterocycles. The number of rotatable bonds is 4. The molecule has 0 aliphatic heterocycles. The highest BCUT2D eigenvalue weighted by Crippen LogP contribution is 1.88. The number of carbonyl (C=O) groups excluding carboxylic acids is 2. The Morgan fingerprint density at radius 2 is 2.33 bits per heavy atom. The van der Waals surface area contributed by atoms with Crippen molar-refractivity contribution in [3.05, 3.63) is 0 Å². The molecule has 0 amide bonds. The third kappa shape index (κ3) is 3.26. The number of aldehydes is 1. The minimum atomic E-state index is -0.585. The lowest BCUT2D eigenvalue weighted by molar-refractivity contribution is -0.122. The minimum absolute atomic E-state index is 0.0955. The number of thiol groups is 1. The largest absolute Gasteiger partial charge is 0.321 e. The average Bonchev–Trinajstić information content (AvgIpc) is 1.87. The van der Waals surface area contributed by atoms with Crippen LogP contribution in [0.15, 0.2) is 0 Å². The van der Waals surface area contributed by atoms with E-state index >= 15 is 0 Å². The molecule has 0 rings (SSSR count). The summed E-state index contributed by atoms with van der Waals surface area (Å²) < 4.78 is 0. The van der Waals surface area contributed by atoms with Crippen LogP contribution in [0.4, 0.5) is 0 Å². The zero-order valence-corrected chi connectivity index (χ0v) is 5.80. The van der Waals surface area contributed by atoms with E-state index in [4.69, 9.17) is 5.73 Å². The van der Waals surface area contributed by atoms with E-state index in [-0.39, 0.29) is 12.2 Å². The van der Waals surface area contributed by atoms with Gasteiger partial charge in [0.15, 0.2) is 5.78 Å². The summed E-state index contributed by atoms with van der Waals surface area (Å²) in [5.41, 5.74) is 5.22. The number of ketones is 1. The van der Waals surface area contributed by atoms with E-state index in [2.05, 4.69) is 12.6 Å². The molecule has 0 fully saturated rings. The van der Waals surface area contributed by atoms with Crippen LogP contribution < -0.4 is 5.73 Å². The number of Topliss-reactive ketones (excluding diaryl/α,β-unsaturated/α-hetero) is 1. The van der Waals surface area contributed by atoms with Gasteiger partial charge in [-0.3, -0.25) is 4.79 Å². The summed E-state index contributed by atoms with van der Waals surface area (Å²) in [6.07, 6.45) is 0.452. The normalized spacial score (nSPS) is 12.7. The molecule has 0 aromatic carbocycles. The Bertz CT molecular complexity index is 116. The van der Waals surface area contributed by atoms with Crippen LogP contribution in [-0.2, 0) is 9.59 Å². The predicted octanol–water partition coefficient (Wildman–Crippen LogP) is -0.598. The first-order valence-electron chi connectivity index (χ1n) is 2.55. The number of hydrogen-bond donors (Lipinski definition) is 2. The van der Waals surface area contributed by atoms with E-state index in [1.54, 1.807) is 0 Å². The Kier molecular flexibility index (Phi) is 4.35. The first kappa shape index (κ1) is 8.65. The summed E-state index contributed by atoms with van der Waals surface area (Å²) in [6.45, 7) is 0. The number of hydrogen-bond acceptors (Lipinski definition) is 4. The van der Waals surface area contributed by atoms with Gasteiger partial charge in [-0.15, -0.1) is 0 Å². The molecule has 0 saturated heterocycles. The van der Waals surface area contributed by atoms with E-state index in [0.29, 0.717) is 12.0 Å². The molecule has 4 heteroatoms. The second-order valence-corrected chi connectivity index (χ2v) is 1.99. The second kappa shape index (κ2) is 4.52. The van der Waals surface area contributed by atoms with Crippen molar-refractivity contribution in [3.8, 4) is 0 Å². The standard InChI is InChI=1S/C5H9NO2S/c6-4(3-9)5(8)1-2-7/h2,4,9H,1,3,6H2/t4-/m0/s1. The molecule has 0 heterocycles. The molecule has 0 unspecified atom stereocenters. The molecule has 52 valence electrons. The lowest BCUT2D eigenvalue weighted by atomic mass is 10.2. The Morgan fingerprint density at radius 3 is 2.67 bits per heavy atom. The molecule has 0 radical (unpaired) electrons. The summed E-state index contributed by atoms with van der Waals surface area (Å²) in [5.74, 6) is 0.0483. The third-order valence-electron chi connectivity index (χ3n) is 0.895. The molecule has 0 saturated carbocycles. The molecule has 9 heavy (non-hydrogen) atoms. The highest BCUT2D eigenvalue weighted by molar-refractivity contribution is 7.80. The summed E-state index contributed by atoms with van der Waals surface area (Å²) in [6, 6.07) is -0.585. The molecule has 1 atom stereocenters. The second-order valence-electron chi connectivity index (χ2n) is 1.63. The van der Waals surface area contributed by atoms with Crippen LogP contribution in [-0.4, -0.2) is 23.9 Å². The highest BCUT2D eigenvalue weighted by atomic mass is 32.1. The van der Waals surface area contributed by atoms with Crippen molar-refractivity contribution in [2.45, 2.75) is 12.5 Å². The molecule has 2 N–H and O–H groups in total. The van der Waals surface area contributed by atoms with Crippen LogP contribution in [0.25, 0.3) is 0 Å². The summed E-state index contributed by atoms with van der Waals surface area (Å²) in [5, 5.41) is 0. The predicted molar refractivity (Wildman–Crippen MR) is 37.5 cm³/mol. The monoisotopic (exact) mass is 147 g/mol. The van der Waals surface area contributed by atoms with Crippen molar-refractivity contribution in [1.29, 1.82) is 0 Å². The Balaban J connectivity index is 3.58.